The van der Waals surface area contributed by atoms with E-state index in [4.69, 9.17) is 0 Å². The van der Waals surface area contributed by atoms with E-state index < -0.39 is 5.91 Å². The van der Waals surface area contributed by atoms with Crippen LogP contribution in [0.5, 0.6) is 5.75 Å². The van der Waals surface area contributed by atoms with Crippen LogP contribution in [-0.2, 0) is 11.3 Å². The summed E-state index contributed by atoms with van der Waals surface area (Å²) < 4.78 is 0. The van der Waals surface area contributed by atoms with Gasteiger partial charge in [-0.05, 0) is 30.7 Å². The van der Waals surface area contributed by atoms with Crippen LogP contribution in [0.4, 0.5) is 0 Å². The summed E-state index contributed by atoms with van der Waals surface area (Å²) in [7, 11) is 1.35. The molecule has 0 heterocycles. The first kappa shape index (κ1) is 14.5. The second kappa shape index (κ2) is 6.98. The summed E-state index contributed by atoms with van der Waals surface area (Å²) >= 11 is 0. The molecule has 0 unspecified atom stereocenters. The van der Waals surface area contributed by atoms with E-state index in [0.717, 1.165) is 18.5 Å². The summed E-state index contributed by atoms with van der Waals surface area (Å²) in [6.45, 7) is 4.99. The number of benzene rings is 1. The third kappa shape index (κ3) is 4.35. The third-order valence-corrected chi connectivity index (χ3v) is 2.47. The first-order valence-electron chi connectivity index (χ1n) is 5.93. The minimum Gasteiger partial charge on any atom is -0.507 e. The van der Waals surface area contributed by atoms with E-state index in [0.29, 0.717) is 6.04 Å². The Morgan fingerprint density at radius 1 is 1.44 bits per heavy atom. The maximum atomic E-state index is 11.5. The van der Waals surface area contributed by atoms with Crippen LogP contribution in [-0.4, -0.2) is 30.7 Å². The van der Waals surface area contributed by atoms with Crippen molar-refractivity contribution in [2.24, 2.45) is 0 Å². The lowest BCUT2D eigenvalue weighted by atomic mass is 10.1. The van der Waals surface area contributed by atoms with E-state index in [2.05, 4.69) is 29.5 Å². The SMILES string of the molecule is CONC(=O)c1ccc(CCNC(C)C)cc1O. The van der Waals surface area contributed by atoms with Crippen molar-refractivity contribution in [3.63, 3.8) is 0 Å². The van der Waals surface area contributed by atoms with Crippen LogP contribution in [0.2, 0.25) is 0 Å². The average molecular weight is 252 g/mol. The molecule has 0 aromatic heterocycles. The van der Waals surface area contributed by atoms with E-state index in [9.17, 15) is 9.90 Å². The zero-order valence-electron chi connectivity index (χ0n) is 11.0. The summed E-state index contributed by atoms with van der Waals surface area (Å²) in [4.78, 5) is 16.0. The second-order valence-corrected chi connectivity index (χ2v) is 4.35. The quantitative estimate of drug-likeness (QED) is 0.666. The molecule has 0 aliphatic carbocycles. The van der Waals surface area contributed by atoms with E-state index in [1.54, 1.807) is 12.1 Å². The molecule has 0 saturated carbocycles. The van der Waals surface area contributed by atoms with Gasteiger partial charge >= 0.3 is 0 Å². The molecular weight excluding hydrogens is 232 g/mol. The van der Waals surface area contributed by atoms with Crippen molar-refractivity contribution in [1.29, 1.82) is 0 Å². The number of aromatic hydroxyl groups is 1. The molecule has 100 valence electrons. The van der Waals surface area contributed by atoms with Gasteiger partial charge in [-0.3, -0.25) is 9.63 Å². The molecule has 5 nitrogen and oxygen atoms in total. The highest BCUT2D eigenvalue weighted by Gasteiger charge is 2.11. The molecule has 0 atom stereocenters. The third-order valence-electron chi connectivity index (χ3n) is 2.47. The van der Waals surface area contributed by atoms with Crippen molar-refractivity contribution in [3.05, 3.63) is 29.3 Å². The van der Waals surface area contributed by atoms with Gasteiger partial charge in [0.05, 0.1) is 12.7 Å². The maximum Gasteiger partial charge on any atom is 0.278 e. The predicted molar refractivity (Wildman–Crippen MR) is 69.4 cm³/mol. The Kier molecular flexibility index (Phi) is 5.61. The van der Waals surface area contributed by atoms with Gasteiger partial charge in [-0.25, -0.2) is 5.48 Å². The van der Waals surface area contributed by atoms with Crippen molar-refractivity contribution < 1.29 is 14.7 Å². The molecule has 5 heteroatoms. The van der Waals surface area contributed by atoms with E-state index in [1.807, 2.05) is 6.07 Å². The maximum absolute atomic E-state index is 11.5. The summed E-state index contributed by atoms with van der Waals surface area (Å²) in [6, 6.07) is 5.46. The van der Waals surface area contributed by atoms with Gasteiger partial charge in [0.1, 0.15) is 5.75 Å². The van der Waals surface area contributed by atoms with Crippen molar-refractivity contribution in [2.75, 3.05) is 13.7 Å². The highest BCUT2D eigenvalue weighted by atomic mass is 16.6. The van der Waals surface area contributed by atoms with E-state index in [-0.39, 0.29) is 11.3 Å². The van der Waals surface area contributed by atoms with Crippen LogP contribution >= 0.6 is 0 Å². The molecule has 1 rings (SSSR count). The standard InChI is InChI=1S/C13H20N2O3/c1-9(2)14-7-6-10-4-5-11(12(16)8-10)13(17)15-18-3/h4-5,8-9,14,16H,6-7H2,1-3H3,(H,15,17). The highest BCUT2D eigenvalue weighted by Crippen LogP contribution is 2.19. The van der Waals surface area contributed by atoms with Gasteiger partial charge < -0.3 is 10.4 Å². The molecule has 0 saturated heterocycles. The first-order chi connectivity index (χ1) is 8.54. The molecule has 3 N–H and O–H groups in total. The Morgan fingerprint density at radius 3 is 2.72 bits per heavy atom. The molecule has 0 bridgehead atoms. The van der Waals surface area contributed by atoms with Crippen LogP contribution in [0.3, 0.4) is 0 Å². The van der Waals surface area contributed by atoms with Crippen LogP contribution < -0.4 is 10.8 Å². The molecule has 1 aromatic rings. The Hall–Kier alpha value is -1.59. The summed E-state index contributed by atoms with van der Waals surface area (Å²) in [5, 5.41) is 13.1. The van der Waals surface area contributed by atoms with Gasteiger partial charge in [-0.2, -0.15) is 0 Å². The van der Waals surface area contributed by atoms with Crippen molar-refractivity contribution in [3.8, 4) is 5.75 Å². The van der Waals surface area contributed by atoms with Gasteiger partial charge in [0.2, 0.25) is 0 Å². The lowest BCUT2D eigenvalue weighted by Gasteiger charge is -2.09. The van der Waals surface area contributed by atoms with Gasteiger partial charge in [-0.1, -0.05) is 19.9 Å². The summed E-state index contributed by atoms with van der Waals surface area (Å²) in [5.74, 6) is -0.492. The predicted octanol–water partition coefficient (Wildman–Crippen LogP) is 1.22. The number of carbonyl (C=O) groups is 1. The number of hydrogen-bond acceptors (Lipinski definition) is 4. The van der Waals surface area contributed by atoms with Gasteiger partial charge in [0.15, 0.2) is 0 Å². The minimum atomic E-state index is -0.457. The highest BCUT2D eigenvalue weighted by molar-refractivity contribution is 5.96. The number of carbonyl (C=O) groups excluding carboxylic acids is 1. The number of rotatable bonds is 6. The number of hydrogen-bond donors (Lipinski definition) is 3. The number of hydroxylamine groups is 1. The van der Waals surface area contributed by atoms with E-state index >= 15 is 0 Å². The topological polar surface area (TPSA) is 70.6 Å². The lowest BCUT2D eigenvalue weighted by molar-refractivity contribution is 0.0535. The number of nitrogens with one attached hydrogen (secondary N) is 2. The van der Waals surface area contributed by atoms with Crippen LogP contribution in [0.15, 0.2) is 18.2 Å². The Labute approximate surface area is 107 Å². The molecule has 1 amide bonds. The molecule has 0 aliphatic rings. The number of phenols is 1. The Morgan fingerprint density at radius 2 is 2.17 bits per heavy atom. The molecule has 18 heavy (non-hydrogen) atoms. The fraction of sp³-hybridized carbons (Fsp3) is 0.462. The number of phenolic OH excluding ortho intramolecular Hbond substituents is 1. The Bertz CT molecular complexity index is 405. The fourth-order valence-corrected chi connectivity index (χ4v) is 1.58. The van der Waals surface area contributed by atoms with Crippen molar-refractivity contribution >= 4 is 5.91 Å². The normalized spacial score (nSPS) is 10.7. The summed E-state index contributed by atoms with van der Waals surface area (Å²) in [5.41, 5.74) is 3.36. The fourth-order valence-electron chi connectivity index (χ4n) is 1.58. The zero-order valence-corrected chi connectivity index (χ0v) is 11.0. The lowest BCUT2D eigenvalue weighted by Crippen LogP contribution is -2.25. The second-order valence-electron chi connectivity index (χ2n) is 4.35. The van der Waals surface area contributed by atoms with Crippen LogP contribution in [0.25, 0.3) is 0 Å². The average Bonchev–Trinajstić information content (AvgIpc) is 2.28. The van der Waals surface area contributed by atoms with Gasteiger partial charge in [0.25, 0.3) is 5.91 Å². The molecular formula is C13H20N2O3. The van der Waals surface area contributed by atoms with Gasteiger partial charge in [-0.15, -0.1) is 0 Å². The molecule has 0 spiro atoms. The summed E-state index contributed by atoms with van der Waals surface area (Å²) in [6.07, 6.45) is 0.803. The molecule has 1 aromatic carbocycles. The first-order valence-corrected chi connectivity index (χ1v) is 5.93. The van der Waals surface area contributed by atoms with Crippen molar-refractivity contribution in [2.45, 2.75) is 26.3 Å². The van der Waals surface area contributed by atoms with Crippen LogP contribution in [0.1, 0.15) is 29.8 Å². The molecule has 0 fully saturated rings. The zero-order chi connectivity index (χ0) is 13.5. The minimum absolute atomic E-state index is 0.0356. The van der Waals surface area contributed by atoms with E-state index in [1.165, 1.54) is 7.11 Å². The Balaban J connectivity index is 2.64. The number of amides is 1. The monoisotopic (exact) mass is 252 g/mol. The van der Waals surface area contributed by atoms with Gasteiger partial charge in [0, 0.05) is 6.04 Å². The van der Waals surface area contributed by atoms with Crippen molar-refractivity contribution in [1.82, 2.24) is 10.8 Å². The molecule has 0 radical (unpaired) electrons. The van der Waals surface area contributed by atoms with Crippen LogP contribution in [0, 0.1) is 0 Å². The smallest absolute Gasteiger partial charge is 0.278 e. The largest absolute Gasteiger partial charge is 0.507 e. The molecule has 0 aliphatic heterocycles.